The zero-order chi connectivity index (χ0) is 21.3. The van der Waals surface area contributed by atoms with E-state index in [1.807, 2.05) is 44.2 Å². The van der Waals surface area contributed by atoms with E-state index in [0.29, 0.717) is 18.1 Å². The zero-order valence-corrected chi connectivity index (χ0v) is 17.7. The number of rotatable bonds is 8. The molecule has 2 N–H and O–H groups in total. The molecule has 0 aromatic heterocycles. The minimum atomic E-state index is -0.609. The molecule has 2 aromatic rings. The van der Waals surface area contributed by atoms with Gasteiger partial charge in [0.25, 0.3) is 5.91 Å². The van der Waals surface area contributed by atoms with Crippen LogP contribution >= 0.6 is 0 Å². The van der Waals surface area contributed by atoms with Crippen molar-refractivity contribution in [1.29, 1.82) is 5.26 Å². The van der Waals surface area contributed by atoms with E-state index < -0.39 is 6.10 Å². The second-order valence-electron chi connectivity index (χ2n) is 7.92. The molecule has 1 heterocycles. The van der Waals surface area contributed by atoms with E-state index in [1.165, 1.54) is 5.69 Å². The summed E-state index contributed by atoms with van der Waals surface area (Å²) in [6.07, 6.45) is -0.0190. The predicted molar refractivity (Wildman–Crippen MR) is 119 cm³/mol. The summed E-state index contributed by atoms with van der Waals surface area (Å²) in [5, 5.41) is 14.7. The average Bonchev–Trinajstić information content (AvgIpc) is 2.78. The quantitative estimate of drug-likeness (QED) is 0.659. The molecule has 1 saturated heterocycles. The van der Waals surface area contributed by atoms with Crippen LogP contribution in [0.5, 0.6) is 5.75 Å². The molecule has 0 radical (unpaired) electrons. The van der Waals surface area contributed by atoms with Crippen LogP contribution in [0.25, 0.3) is 11.1 Å². The van der Waals surface area contributed by atoms with Crippen molar-refractivity contribution in [2.75, 3.05) is 37.6 Å². The van der Waals surface area contributed by atoms with Gasteiger partial charge in [-0.2, -0.15) is 5.26 Å². The van der Waals surface area contributed by atoms with Crippen LogP contribution < -0.4 is 20.3 Å². The van der Waals surface area contributed by atoms with Gasteiger partial charge in [-0.1, -0.05) is 38.1 Å². The Balaban J connectivity index is 1.65. The molecular formula is C24H30N4O2. The van der Waals surface area contributed by atoms with Gasteiger partial charge in [0.1, 0.15) is 12.3 Å². The topological polar surface area (TPSA) is 77.4 Å². The predicted octanol–water partition coefficient (Wildman–Crippen LogP) is 3.20. The number of nitrogens with zero attached hydrogens (tertiary/aromatic N) is 2. The summed E-state index contributed by atoms with van der Waals surface area (Å²) in [4.78, 5) is 14.7. The second-order valence-corrected chi connectivity index (χ2v) is 7.92. The first kappa shape index (κ1) is 21.7. The normalized spacial score (nSPS) is 14.8. The Kier molecular flexibility index (Phi) is 7.69. The van der Waals surface area contributed by atoms with Crippen molar-refractivity contribution in [3.05, 3.63) is 48.5 Å². The first-order valence-corrected chi connectivity index (χ1v) is 10.5. The van der Waals surface area contributed by atoms with Gasteiger partial charge in [0.05, 0.1) is 6.07 Å². The van der Waals surface area contributed by atoms with Crippen LogP contribution in [0.2, 0.25) is 0 Å². The average molecular weight is 407 g/mol. The Morgan fingerprint density at radius 3 is 2.27 bits per heavy atom. The van der Waals surface area contributed by atoms with Gasteiger partial charge in [0.15, 0.2) is 6.10 Å². The maximum atomic E-state index is 12.3. The number of hydrogen-bond acceptors (Lipinski definition) is 5. The highest BCUT2D eigenvalue weighted by Crippen LogP contribution is 2.26. The molecule has 158 valence electrons. The molecule has 1 aliphatic rings. The molecule has 6 heteroatoms. The highest BCUT2D eigenvalue weighted by molar-refractivity contribution is 5.81. The number of benzene rings is 2. The van der Waals surface area contributed by atoms with Crippen LogP contribution in [0.15, 0.2) is 48.5 Å². The third kappa shape index (κ3) is 5.98. The molecule has 1 atom stereocenters. The Labute approximate surface area is 178 Å². The standard InChI is InChI=1S/C24H30N4O2/c1-18(2)17-23(24(29)27-12-11-25)30-22-9-5-20(6-10-22)19-3-7-21(8-4-19)28-15-13-26-14-16-28/h3-10,18,23,26H,12-17H2,1-2H3,(H,27,29). The fraction of sp³-hybridized carbons (Fsp3) is 0.417. The summed E-state index contributed by atoms with van der Waals surface area (Å²) in [6.45, 7) is 8.18. The maximum absolute atomic E-state index is 12.3. The van der Waals surface area contributed by atoms with Crippen molar-refractivity contribution in [3.63, 3.8) is 0 Å². The van der Waals surface area contributed by atoms with Crippen molar-refractivity contribution >= 4 is 11.6 Å². The molecule has 1 aliphatic heterocycles. The molecule has 1 fully saturated rings. The highest BCUT2D eigenvalue weighted by Gasteiger charge is 2.21. The lowest BCUT2D eigenvalue weighted by Crippen LogP contribution is -2.43. The molecule has 0 saturated carbocycles. The van der Waals surface area contributed by atoms with E-state index in [1.54, 1.807) is 0 Å². The number of nitriles is 1. The lowest BCUT2D eigenvalue weighted by molar-refractivity contribution is -0.128. The van der Waals surface area contributed by atoms with E-state index >= 15 is 0 Å². The lowest BCUT2D eigenvalue weighted by atomic mass is 10.0. The number of piperazine rings is 1. The van der Waals surface area contributed by atoms with Crippen molar-refractivity contribution < 1.29 is 9.53 Å². The van der Waals surface area contributed by atoms with E-state index in [4.69, 9.17) is 10.00 Å². The van der Waals surface area contributed by atoms with Gasteiger partial charge < -0.3 is 20.3 Å². The Hall–Kier alpha value is -3.04. The van der Waals surface area contributed by atoms with Gasteiger partial charge in [0.2, 0.25) is 0 Å². The minimum absolute atomic E-state index is 0.0142. The fourth-order valence-electron chi connectivity index (χ4n) is 3.56. The van der Waals surface area contributed by atoms with Crippen LogP contribution in [-0.2, 0) is 4.79 Å². The molecule has 0 spiro atoms. The molecule has 30 heavy (non-hydrogen) atoms. The molecule has 6 nitrogen and oxygen atoms in total. The highest BCUT2D eigenvalue weighted by atomic mass is 16.5. The monoisotopic (exact) mass is 406 g/mol. The van der Waals surface area contributed by atoms with E-state index in [0.717, 1.165) is 37.3 Å². The first-order valence-electron chi connectivity index (χ1n) is 10.5. The number of carbonyl (C=O) groups is 1. The van der Waals surface area contributed by atoms with Crippen molar-refractivity contribution in [3.8, 4) is 22.9 Å². The Morgan fingerprint density at radius 2 is 1.70 bits per heavy atom. The van der Waals surface area contributed by atoms with Gasteiger partial charge in [-0.3, -0.25) is 4.79 Å². The number of amides is 1. The fourth-order valence-corrected chi connectivity index (χ4v) is 3.56. The molecule has 0 aliphatic carbocycles. The van der Waals surface area contributed by atoms with Crippen LogP contribution in [0.3, 0.4) is 0 Å². The third-order valence-electron chi connectivity index (χ3n) is 5.14. The number of ether oxygens (including phenoxy) is 1. The Morgan fingerprint density at radius 1 is 1.10 bits per heavy atom. The van der Waals surface area contributed by atoms with Crippen LogP contribution in [-0.4, -0.2) is 44.7 Å². The Bertz CT molecular complexity index is 850. The van der Waals surface area contributed by atoms with Gasteiger partial charge >= 0.3 is 0 Å². The van der Waals surface area contributed by atoms with Gasteiger partial charge in [-0.05, 0) is 47.7 Å². The maximum Gasteiger partial charge on any atom is 0.261 e. The minimum Gasteiger partial charge on any atom is -0.481 e. The molecule has 0 bridgehead atoms. The summed E-state index contributed by atoms with van der Waals surface area (Å²) in [6, 6.07) is 18.4. The second kappa shape index (κ2) is 10.7. The summed E-state index contributed by atoms with van der Waals surface area (Å²) in [7, 11) is 0. The number of nitrogens with one attached hydrogen (secondary N) is 2. The number of hydrogen-bond donors (Lipinski definition) is 2. The number of carbonyl (C=O) groups excluding carboxylic acids is 1. The van der Waals surface area contributed by atoms with Crippen molar-refractivity contribution in [1.82, 2.24) is 10.6 Å². The number of anilines is 1. The lowest BCUT2D eigenvalue weighted by Gasteiger charge is -2.29. The van der Waals surface area contributed by atoms with Crippen LogP contribution in [0.1, 0.15) is 20.3 Å². The molecular weight excluding hydrogens is 376 g/mol. The van der Waals surface area contributed by atoms with Crippen molar-refractivity contribution in [2.24, 2.45) is 5.92 Å². The smallest absolute Gasteiger partial charge is 0.261 e. The van der Waals surface area contributed by atoms with Crippen LogP contribution in [0.4, 0.5) is 5.69 Å². The van der Waals surface area contributed by atoms with Gasteiger partial charge in [0, 0.05) is 31.9 Å². The van der Waals surface area contributed by atoms with E-state index in [9.17, 15) is 4.79 Å². The zero-order valence-electron chi connectivity index (χ0n) is 17.7. The van der Waals surface area contributed by atoms with Gasteiger partial charge in [-0.15, -0.1) is 0 Å². The van der Waals surface area contributed by atoms with Crippen molar-refractivity contribution in [2.45, 2.75) is 26.4 Å². The summed E-state index contributed by atoms with van der Waals surface area (Å²) < 4.78 is 5.94. The summed E-state index contributed by atoms with van der Waals surface area (Å²) >= 11 is 0. The van der Waals surface area contributed by atoms with E-state index in [2.05, 4.69) is 39.8 Å². The first-order chi connectivity index (χ1) is 14.6. The summed E-state index contributed by atoms with van der Waals surface area (Å²) in [5.41, 5.74) is 3.49. The molecule has 1 amide bonds. The van der Waals surface area contributed by atoms with E-state index in [-0.39, 0.29) is 12.5 Å². The van der Waals surface area contributed by atoms with Crippen LogP contribution in [0, 0.1) is 17.2 Å². The molecule has 3 rings (SSSR count). The largest absolute Gasteiger partial charge is 0.481 e. The molecule has 1 unspecified atom stereocenters. The van der Waals surface area contributed by atoms with Gasteiger partial charge in [-0.25, -0.2) is 0 Å². The molecule has 2 aromatic carbocycles. The third-order valence-corrected chi connectivity index (χ3v) is 5.14. The SMILES string of the molecule is CC(C)CC(Oc1ccc(-c2ccc(N3CCNCC3)cc2)cc1)C(=O)NCC#N. The summed E-state index contributed by atoms with van der Waals surface area (Å²) in [5.74, 6) is 0.697.